The van der Waals surface area contributed by atoms with E-state index in [4.69, 9.17) is 0 Å². The van der Waals surface area contributed by atoms with Crippen LogP contribution in [0.4, 0.5) is 0 Å². The van der Waals surface area contributed by atoms with Crippen LogP contribution in [0.1, 0.15) is 19.0 Å². The first-order chi connectivity index (χ1) is 8.02. The van der Waals surface area contributed by atoms with Crippen molar-refractivity contribution in [2.45, 2.75) is 24.9 Å². The molecule has 0 saturated heterocycles. The van der Waals surface area contributed by atoms with Crippen LogP contribution in [0, 0.1) is 0 Å². The predicted octanol–water partition coefficient (Wildman–Crippen LogP) is 1.61. The van der Waals surface area contributed by atoms with Gasteiger partial charge in [0, 0.05) is 6.54 Å². The average molecular weight is 330 g/mol. The lowest BCUT2D eigenvalue weighted by atomic mass is 10.4. The summed E-state index contributed by atoms with van der Waals surface area (Å²) in [6.07, 6.45) is 0.804. The summed E-state index contributed by atoms with van der Waals surface area (Å²) >= 11 is 0. The van der Waals surface area contributed by atoms with E-state index >= 15 is 0 Å². The molecule has 6 nitrogen and oxygen atoms in total. The molecule has 0 aliphatic carbocycles. The minimum Gasteiger partial charge on any atom is -0.218 e. The Morgan fingerprint density at radius 3 is 2.88 bits per heavy atom. The van der Waals surface area contributed by atoms with Crippen molar-refractivity contribution in [1.82, 2.24) is 19.1 Å². The molecule has 0 amide bonds. The van der Waals surface area contributed by atoms with Crippen LogP contribution >= 0.6 is 33.3 Å². The number of hydrogen-bond acceptors (Lipinski definition) is 4. The average Bonchev–Trinajstić information content (AvgIpc) is 2.80. The zero-order valence-electron chi connectivity index (χ0n) is 9.24. The number of rotatable bonds is 4. The molecule has 0 fully saturated rings. The molecule has 0 radical (unpaired) electrons. The van der Waals surface area contributed by atoms with Gasteiger partial charge in [-0.1, -0.05) is 21.1 Å². The van der Waals surface area contributed by atoms with Crippen LogP contribution in [0.15, 0.2) is 5.03 Å². The Bertz CT molecular complexity index is 518. The summed E-state index contributed by atoms with van der Waals surface area (Å²) in [5.41, 5.74) is 0.731. The van der Waals surface area contributed by atoms with E-state index in [9.17, 15) is 8.42 Å². The molecule has 1 aromatic rings. The van der Waals surface area contributed by atoms with Crippen molar-refractivity contribution in [3.63, 3.8) is 0 Å². The van der Waals surface area contributed by atoms with E-state index in [1.807, 2.05) is 6.92 Å². The highest BCUT2D eigenvalue weighted by molar-refractivity contribution is 8.60. The molecule has 0 aromatic carbocycles. The van der Waals surface area contributed by atoms with Gasteiger partial charge in [-0.2, -0.15) is 4.31 Å². The molecule has 0 spiro atoms. The van der Waals surface area contributed by atoms with E-state index in [1.165, 1.54) is 4.31 Å². The van der Waals surface area contributed by atoms with Gasteiger partial charge in [0.15, 0.2) is 0 Å². The van der Waals surface area contributed by atoms with Gasteiger partial charge in [0.2, 0.25) is 5.03 Å². The van der Waals surface area contributed by atoms with Gasteiger partial charge >= 0.3 is 0 Å². The molecule has 4 unspecified atom stereocenters. The lowest BCUT2D eigenvalue weighted by Crippen LogP contribution is -2.26. The van der Waals surface area contributed by atoms with Crippen LogP contribution in [0.5, 0.6) is 0 Å². The number of nitrogens with zero attached hydrogens (tertiary/aromatic N) is 4. The fourth-order valence-corrected chi connectivity index (χ4v) is 6.28. The Labute approximate surface area is 108 Å². The van der Waals surface area contributed by atoms with Gasteiger partial charge in [0.05, 0.1) is 19.7 Å². The summed E-state index contributed by atoms with van der Waals surface area (Å²) in [5.74, 6) is 0. The lowest BCUT2D eigenvalue weighted by Gasteiger charge is -2.14. The first-order valence-corrected chi connectivity index (χ1v) is 13.0. The zero-order chi connectivity index (χ0) is 12.6. The van der Waals surface area contributed by atoms with Crippen LogP contribution < -0.4 is 0 Å². The number of fused-ring (bicyclic) bond motifs is 1. The van der Waals surface area contributed by atoms with Gasteiger partial charge in [0.1, 0.15) is 0 Å². The van der Waals surface area contributed by atoms with E-state index in [0.29, 0.717) is 21.0 Å². The zero-order valence-corrected chi connectivity index (χ0v) is 14.3. The third-order valence-corrected chi connectivity index (χ3v) is 13.6. The highest BCUT2D eigenvalue weighted by atomic mass is 32.6. The van der Waals surface area contributed by atoms with Gasteiger partial charge in [-0.05, 0) is 14.4 Å². The molecule has 0 N–H and O–H groups in total. The highest BCUT2D eigenvalue weighted by Crippen LogP contribution is 2.66. The van der Waals surface area contributed by atoms with E-state index < -0.39 is 17.5 Å². The summed E-state index contributed by atoms with van der Waals surface area (Å²) < 4.78 is 27.4. The maximum absolute atomic E-state index is 12.1. The Balaban J connectivity index is 2.41. The Kier molecular flexibility index (Phi) is 4.51. The second-order valence-corrected chi connectivity index (χ2v) is 14.2. The topological polar surface area (TPSA) is 68.1 Å². The molecule has 2 heterocycles. The summed E-state index contributed by atoms with van der Waals surface area (Å²) in [7, 11) is 2.06. The third-order valence-electron chi connectivity index (χ3n) is 2.43. The Morgan fingerprint density at radius 2 is 2.29 bits per heavy atom. The third kappa shape index (κ3) is 2.43. The lowest BCUT2D eigenvalue weighted by molar-refractivity contribution is 0.416. The van der Waals surface area contributed by atoms with Gasteiger partial charge in [-0.3, -0.25) is 0 Å². The van der Waals surface area contributed by atoms with Crippen LogP contribution in [-0.2, 0) is 16.6 Å². The first kappa shape index (κ1) is 14.2. The fourth-order valence-electron chi connectivity index (χ4n) is 1.66. The van der Waals surface area contributed by atoms with E-state index in [-0.39, 0.29) is 5.03 Å². The molecule has 17 heavy (non-hydrogen) atoms. The quantitative estimate of drug-likeness (QED) is 0.787. The predicted molar refractivity (Wildman–Crippen MR) is 78.0 cm³/mol. The molecule has 2 rings (SSSR count). The molecule has 0 bridgehead atoms. The molecule has 1 aliphatic rings. The monoisotopic (exact) mass is 330 g/mol. The molecule has 11 heteroatoms. The second-order valence-electron chi connectivity index (χ2n) is 3.54. The van der Waals surface area contributed by atoms with Crippen molar-refractivity contribution in [1.29, 1.82) is 0 Å². The van der Waals surface area contributed by atoms with Crippen LogP contribution in [0.3, 0.4) is 0 Å². The maximum atomic E-state index is 12.1. The van der Waals surface area contributed by atoms with Gasteiger partial charge < -0.3 is 0 Å². The Morgan fingerprint density at radius 1 is 1.59 bits per heavy atom. The maximum Gasteiger partial charge on any atom is 0.264 e. The van der Waals surface area contributed by atoms with E-state index in [1.54, 1.807) is 4.45 Å². The smallest absolute Gasteiger partial charge is 0.218 e. The Hall–Kier alpha value is 0.770. The van der Waals surface area contributed by atoms with Crippen molar-refractivity contribution >= 4 is 43.3 Å². The van der Waals surface area contributed by atoms with Crippen LogP contribution in [0.2, 0.25) is 0 Å². The van der Waals surface area contributed by atoms with Gasteiger partial charge in [-0.25, -0.2) is 12.9 Å². The van der Waals surface area contributed by atoms with Crippen molar-refractivity contribution < 1.29 is 8.42 Å². The van der Waals surface area contributed by atoms with Crippen molar-refractivity contribution in [3.05, 3.63) is 5.69 Å². The largest absolute Gasteiger partial charge is 0.264 e. The first-order valence-electron chi connectivity index (χ1n) is 4.98. The summed E-state index contributed by atoms with van der Waals surface area (Å²) in [6.45, 7) is 2.91. The SMILES string of the molecule is CCCN1Cc2c(nnn2P(P)PP)S1(=O)=O. The van der Waals surface area contributed by atoms with Crippen molar-refractivity contribution in [2.24, 2.45) is 0 Å². The molecule has 4 atom stereocenters. The fraction of sp³-hybridized carbons (Fsp3) is 0.667. The summed E-state index contributed by atoms with van der Waals surface area (Å²) in [6, 6.07) is 0. The summed E-state index contributed by atoms with van der Waals surface area (Å²) in [5, 5.41) is 7.94. The number of sulfonamides is 1. The highest BCUT2D eigenvalue weighted by Gasteiger charge is 2.39. The molecular formula is C6H14N4O2P4S. The second kappa shape index (κ2) is 5.41. The minimum absolute atomic E-state index is 0.143. The van der Waals surface area contributed by atoms with Crippen LogP contribution in [-0.4, -0.2) is 34.0 Å². The standard InChI is InChI=1S/C6H14N4O2P4S/c1-2-3-9-4-5-6(17(9,11)12)7-8-10(5)16(14)15-13/h15H,2-4,13-14H2,1H3. The molecule has 0 saturated carbocycles. The molecule has 1 aromatic heterocycles. The number of aromatic nitrogens is 3. The number of hydrogen-bond donors (Lipinski definition) is 0. The van der Waals surface area contributed by atoms with Crippen molar-refractivity contribution in [2.75, 3.05) is 6.54 Å². The summed E-state index contributed by atoms with van der Waals surface area (Å²) in [4.78, 5) is 0. The van der Waals surface area contributed by atoms with Crippen molar-refractivity contribution in [3.8, 4) is 0 Å². The molecular weight excluding hydrogens is 316 g/mol. The van der Waals surface area contributed by atoms with E-state index in [0.717, 1.165) is 12.1 Å². The normalized spacial score (nSPS) is 21.1. The minimum atomic E-state index is -3.39. The van der Waals surface area contributed by atoms with Gasteiger partial charge in [0.25, 0.3) is 10.0 Å². The van der Waals surface area contributed by atoms with Crippen LogP contribution in [0.25, 0.3) is 0 Å². The van der Waals surface area contributed by atoms with E-state index in [2.05, 4.69) is 28.2 Å². The van der Waals surface area contributed by atoms with Gasteiger partial charge in [-0.15, -0.1) is 14.0 Å². The molecule has 1 aliphatic heterocycles. The molecule has 96 valence electrons.